The van der Waals surface area contributed by atoms with Gasteiger partial charge in [-0.3, -0.25) is 0 Å². The number of alkyl halides is 1. The van der Waals surface area contributed by atoms with E-state index in [1.165, 1.54) is 5.52 Å². The van der Waals surface area contributed by atoms with E-state index in [1.54, 1.807) is 0 Å². The maximum atomic E-state index is 6.13. The number of hydrogen-bond donors (Lipinski definition) is 0. The maximum absolute atomic E-state index is 6.13. The molecule has 108 valence electrons. The Balaban J connectivity index is 2.09. The molecule has 0 fully saturated rings. The number of nitrogens with zero attached hydrogens (tertiary/aromatic N) is 2. The third kappa shape index (κ3) is 3.14. The molecule has 1 aromatic heterocycles. The van der Waals surface area contributed by atoms with Crippen molar-refractivity contribution < 1.29 is 0 Å². The van der Waals surface area contributed by atoms with Crippen LogP contribution in [0.5, 0.6) is 0 Å². The van der Waals surface area contributed by atoms with Crippen molar-refractivity contribution in [2.75, 3.05) is 5.33 Å². The molecule has 0 saturated carbocycles. The van der Waals surface area contributed by atoms with E-state index in [2.05, 4.69) is 44.8 Å². The maximum Gasteiger partial charge on any atom is 0.141 e. The fraction of sp³-hybridized carbons (Fsp3) is 0.235. The van der Waals surface area contributed by atoms with Crippen LogP contribution in [0.2, 0.25) is 5.02 Å². The molecule has 21 heavy (non-hydrogen) atoms. The summed E-state index contributed by atoms with van der Waals surface area (Å²) in [7, 11) is 0. The summed E-state index contributed by atoms with van der Waals surface area (Å²) >= 11 is 9.62. The van der Waals surface area contributed by atoms with E-state index in [0.717, 1.165) is 46.6 Å². The summed E-state index contributed by atoms with van der Waals surface area (Å²) in [6, 6.07) is 16.2. The Morgan fingerprint density at radius 1 is 1.05 bits per heavy atom. The predicted octanol–water partition coefficient (Wildman–Crippen LogP) is 5.53. The molecular formula is C17H16BrClN2. The van der Waals surface area contributed by atoms with Crippen LogP contribution in [0.4, 0.5) is 0 Å². The second kappa shape index (κ2) is 6.63. The lowest BCUT2D eigenvalue weighted by molar-refractivity contribution is 0.656. The lowest BCUT2D eigenvalue weighted by Gasteiger charge is -2.09. The first kappa shape index (κ1) is 14.6. The van der Waals surface area contributed by atoms with E-state index in [0.29, 0.717) is 0 Å². The summed E-state index contributed by atoms with van der Waals surface area (Å²) in [5.74, 6) is 0.994. The topological polar surface area (TPSA) is 17.8 Å². The average molecular weight is 364 g/mol. The van der Waals surface area contributed by atoms with Crippen molar-refractivity contribution in [2.45, 2.75) is 19.4 Å². The number of unbranched alkanes of at least 4 members (excludes halogenated alkanes) is 1. The lowest BCUT2D eigenvalue weighted by Crippen LogP contribution is -2.01. The van der Waals surface area contributed by atoms with Gasteiger partial charge in [0.2, 0.25) is 0 Å². The van der Waals surface area contributed by atoms with Gasteiger partial charge in [-0.25, -0.2) is 4.98 Å². The van der Waals surface area contributed by atoms with Gasteiger partial charge in [0, 0.05) is 22.5 Å². The second-order valence-electron chi connectivity index (χ2n) is 4.98. The number of benzene rings is 2. The molecule has 0 aliphatic rings. The van der Waals surface area contributed by atoms with Gasteiger partial charge in [0.25, 0.3) is 0 Å². The molecule has 0 aliphatic heterocycles. The van der Waals surface area contributed by atoms with Crippen LogP contribution in [-0.4, -0.2) is 14.9 Å². The largest absolute Gasteiger partial charge is 0.324 e. The zero-order chi connectivity index (χ0) is 14.7. The molecule has 0 unspecified atom stereocenters. The summed E-state index contributed by atoms with van der Waals surface area (Å²) < 4.78 is 2.30. The fourth-order valence-electron chi connectivity index (χ4n) is 2.51. The first-order valence-corrected chi connectivity index (χ1v) is 8.57. The van der Waals surface area contributed by atoms with Gasteiger partial charge in [0.15, 0.2) is 0 Å². The first-order valence-electron chi connectivity index (χ1n) is 7.07. The van der Waals surface area contributed by atoms with Gasteiger partial charge in [-0.1, -0.05) is 51.8 Å². The van der Waals surface area contributed by atoms with Crippen LogP contribution in [0.15, 0.2) is 48.5 Å². The highest BCUT2D eigenvalue weighted by Gasteiger charge is 2.12. The second-order valence-corrected chi connectivity index (χ2v) is 6.21. The number of imidazole rings is 1. The SMILES string of the molecule is Clc1cccc(-c2nc3ccccc3n2CCCCBr)c1. The molecule has 0 N–H and O–H groups in total. The van der Waals surface area contributed by atoms with Crippen LogP contribution >= 0.6 is 27.5 Å². The number of rotatable bonds is 5. The van der Waals surface area contributed by atoms with Gasteiger partial charge in [-0.2, -0.15) is 0 Å². The van der Waals surface area contributed by atoms with E-state index in [9.17, 15) is 0 Å². The van der Waals surface area contributed by atoms with Crippen LogP contribution < -0.4 is 0 Å². The summed E-state index contributed by atoms with van der Waals surface area (Å²) in [5, 5.41) is 1.78. The summed E-state index contributed by atoms with van der Waals surface area (Å²) in [6.45, 7) is 0.966. The Bertz CT molecular complexity index is 751. The van der Waals surface area contributed by atoms with Crippen LogP contribution in [0.25, 0.3) is 22.4 Å². The van der Waals surface area contributed by atoms with E-state index < -0.39 is 0 Å². The van der Waals surface area contributed by atoms with Gasteiger partial charge in [0.05, 0.1) is 11.0 Å². The Hall–Kier alpha value is -1.32. The van der Waals surface area contributed by atoms with Gasteiger partial charge in [0.1, 0.15) is 5.82 Å². The molecular weight excluding hydrogens is 348 g/mol. The molecule has 0 bridgehead atoms. The van der Waals surface area contributed by atoms with Gasteiger partial charge < -0.3 is 4.57 Å². The highest BCUT2D eigenvalue weighted by Crippen LogP contribution is 2.27. The quantitative estimate of drug-likeness (QED) is 0.430. The highest BCUT2D eigenvalue weighted by molar-refractivity contribution is 9.09. The normalized spacial score (nSPS) is 11.1. The molecule has 4 heteroatoms. The Morgan fingerprint density at radius 3 is 2.71 bits per heavy atom. The van der Waals surface area contributed by atoms with Gasteiger partial charge >= 0.3 is 0 Å². The number of hydrogen-bond acceptors (Lipinski definition) is 1. The molecule has 0 saturated heterocycles. The standard InChI is InChI=1S/C17H16BrClN2/c18-10-3-4-11-21-16-9-2-1-8-15(16)20-17(21)13-6-5-7-14(19)12-13/h1-2,5-9,12H,3-4,10-11H2. The van der Waals surface area contributed by atoms with Crippen molar-refractivity contribution in [3.63, 3.8) is 0 Å². The number of aromatic nitrogens is 2. The van der Waals surface area contributed by atoms with Crippen LogP contribution in [0.1, 0.15) is 12.8 Å². The smallest absolute Gasteiger partial charge is 0.141 e. The van der Waals surface area contributed by atoms with E-state index in [1.807, 2.05) is 24.3 Å². The minimum Gasteiger partial charge on any atom is -0.324 e. The Morgan fingerprint density at radius 2 is 1.90 bits per heavy atom. The van der Waals surface area contributed by atoms with Gasteiger partial charge in [-0.05, 0) is 37.1 Å². The molecule has 0 amide bonds. The van der Waals surface area contributed by atoms with Crippen molar-refractivity contribution in [1.82, 2.24) is 9.55 Å². The minimum atomic E-state index is 0.742. The number of fused-ring (bicyclic) bond motifs is 1. The van der Waals surface area contributed by atoms with Gasteiger partial charge in [-0.15, -0.1) is 0 Å². The summed E-state index contributed by atoms with van der Waals surface area (Å²) in [6.07, 6.45) is 2.28. The van der Waals surface area contributed by atoms with E-state index in [-0.39, 0.29) is 0 Å². The average Bonchev–Trinajstić information content (AvgIpc) is 2.87. The van der Waals surface area contributed by atoms with E-state index >= 15 is 0 Å². The molecule has 1 heterocycles. The third-order valence-electron chi connectivity index (χ3n) is 3.50. The number of para-hydroxylation sites is 2. The number of aryl methyl sites for hydroxylation is 1. The van der Waals surface area contributed by atoms with Crippen molar-refractivity contribution in [2.24, 2.45) is 0 Å². The Kier molecular flexibility index (Phi) is 4.61. The molecule has 0 radical (unpaired) electrons. The van der Waals surface area contributed by atoms with Crippen LogP contribution in [-0.2, 0) is 6.54 Å². The Labute approximate surface area is 137 Å². The monoisotopic (exact) mass is 362 g/mol. The molecule has 0 spiro atoms. The van der Waals surface area contributed by atoms with Crippen molar-refractivity contribution in [3.05, 3.63) is 53.6 Å². The third-order valence-corrected chi connectivity index (χ3v) is 4.30. The van der Waals surface area contributed by atoms with Crippen molar-refractivity contribution in [3.8, 4) is 11.4 Å². The molecule has 0 aliphatic carbocycles. The highest BCUT2D eigenvalue weighted by atomic mass is 79.9. The summed E-state index contributed by atoms with van der Waals surface area (Å²) in [4.78, 5) is 4.80. The zero-order valence-electron chi connectivity index (χ0n) is 11.6. The summed E-state index contributed by atoms with van der Waals surface area (Å²) in [5.41, 5.74) is 3.28. The van der Waals surface area contributed by atoms with Crippen LogP contribution in [0.3, 0.4) is 0 Å². The molecule has 2 aromatic carbocycles. The van der Waals surface area contributed by atoms with E-state index in [4.69, 9.17) is 16.6 Å². The molecule has 0 atom stereocenters. The molecule has 3 aromatic rings. The lowest BCUT2D eigenvalue weighted by atomic mass is 10.2. The zero-order valence-corrected chi connectivity index (χ0v) is 13.9. The van der Waals surface area contributed by atoms with Crippen LogP contribution in [0, 0.1) is 0 Å². The van der Waals surface area contributed by atoms with Crippen molar-refractivity contribution >= 4 is 38.6 Å². The minimum absolute atomic E-state index is 0.742. The number of halogens is 2. The molecule has 3 rings (SSSR count). The predicted molar refractivity (Wildman–Crippen MR) is 93.2 cm³/mol. The fourth-order valence-corrected chi connectivity index (χ4v) is 3.10. The van der Waals surface area contributed by atoms with Crippen molar-refractivity contribution in [1.29, 1.82) is 0 Å². The molecule has 2 nitrogen and oxygen atoms in total. The first-order chi connectivity index (χ1) is 10.3.